The first kappa shape index (κ1) is 27.3. The fourth-order valence-corrected chi connectivity index (χ4v) is 7.02. The molecule has 206 valence electrons. The molecular weight excluding hydrogens is 664 g/mol. The predicted molar refractivity (Wildman–Crippen MR) is 171 cm³/mol. The van der Waals surface area contributed by atoms with Gasteiger partial charge in [0.25, 0.3) is 0 Å². The number of hydrogen-bond donors (Lipinski definition) is 2. The second-order valence-corrected chi connectivity index (χ2v) is 12.1. The highest BCUT2D eigenvalue weighted by atomic mass is 127. The van der Waals surface area contributed by atoms with Gasteiger partial charge in [-0.1, -0.05) is 17.7 Å². The van der Waals surface area contributed by atoms with Crippen LogP contribution >= 0.6 is 41.9 Å². The minimum absolute atomic E-state index is 0.0405. The lowest BCUT2D eigenvalue weighted by Gasteiger charge is -2.34. The van der Waals surface area contributed by atoms with Crippen LogP contribution in [0.3, 0.4) is 0 Å². The first-order valence-corrected chi connectivity index (χ1v) is 16.4. The quantitative estimate of drug-likeness (QED) is 0.204. The first-order chi connectivity index (χ1) is 19.2. The first-order valence-electron chi connectivity index (χ1n) is 12.7. The van der Waals surface area contributed by atoms with Gasteiger partial charge in [-0.2, -0.15) is 0 Å². The molecule has 1 saturated heterocycles. The van der Waals surface area contributed by atoms with Crippen LogP contribution in [0.1, 0.15) is 6.92 Å². The fraction of sp³-hybridized carbons (Fsp3) is 0.207. The molecule has 2 N–H and O–H groups in total. The standard InChI is InChI=1S/C29H26ClFIN5O2S/c1-17-16-35(8-6-33-17)26-12-19(13-27-21(26)5-7-37(27)40-32)23-15-20(31)14-22(28(23)38)18-3-4-25(24(30)11-18)36-10-9-34(2)29(36)39/h3-5,7,9-15,17,33,38H,6,8,16H2,1-2H3/t17-/m1/s1. The van der Waals surface area contributed by atoms with Crippen molar-refractivity contribution in [2.24, 2.45) is 7.05 Å². The van der Waals surface area contributed by atoms with E-state index >= 15 is 4.39 Å². The Kier molecular flexibility index (Phi) is 7.36. The van der Waals surface area contributed by atoms with Gasteiger partial charge in [0.15, 0.2) is 0 Å². The highest BCUT2D eigenvalue weighted by Gasteiger charge is 2.22. The van der Waals surface area contributed by atoms with Crippen molar-refractivity contribution < 1.29 is 9.50 Å². The van der Waals surface area contributed by atoms with Crippen molar-refractivity contribution in [3.8, 4) is 33.7 Å². The van der Waals surface area contributed by atoms with Crippen LogP contribution in [-0.2, 0) is 7.05 Å². The molecule has 0 saturated carbocycles. The number of hydrogen-bond acceptors (Lipinski definition) is 5. The Hall–Kier alpha value is -2.93. The molecule has 3 heterocycles. The molecule has 1 aliphatic rings. The molecule has 6 rings (SSSR count). The van der Waals surface area contributed by atoms with E-state index in [4.69, 9.17) is 11.6 Å². The van der Waals surface area contributed by atoms with Gasteiger partial charge in [0, 0.05) is 104 Å². The van der Waals surface area contributed by atoms with E-state index in [0.29, 0.717) is 33.4 Å². The molecule has 0 bridgehead atoms. The van der Waals surface area contributed by atoms with Crippen LogP contribution in [0.25, 0.3) is 38.8 Å². The van der Waals surface area contributed by atoms with Crippen molar-refractivity contribution >= 4 is 58.5 Å². The van der Waals surface area contributed by atoms with Crippen molar-refractivity contribution in [2.75, 3.05) is 24.5 Å². The summed E-state index contributed by atoms with van der Waals surface area (Å²) in [5.41, 5.74) is 4.29. The molecule has 0 unspecified atom stereocenters. The number of anilines is 1. The highest BCUT2D eigenvalue weighted by Crippen LogP contribution is 2.43. The number of aromatic hydroxyl groups is 1. The van der Waals surface area contributed by atoms with Crippen molar-refractivity contribution in [2.45, 2.75) is 13.0 Å². The summed E-state index contributed by atoms with van der Waals surface area (Å²) < 4.78 is 20.1. The Labute approximate surface area is 251 Å². The molecule has 1 atom stereocenters. The van der Waals surface area contributed by atoms with Crippen molar-refractivity contribution in [1.82, 2.24) is 18.4 Å². The summed E-state index contributed by atoms with van der Waals surface area (Å²) >= 11 is 8.83. The second-order valence-electron chi connectivity index (χ2n) is 10.0. The number of aromatic nitrogens is 3. The lowest BCUT2D eigenvalue weighted by atomic mass is 9.95. The van der Waals surface area contributed by atoms with Crippen molar-refractivity contribution in [1.29, 1.82) is 0 Å². The molecule has 0 radical (unpaired) electrons. The van der Waals surface area contributed by atoms with E-state index < -0.39 is 5.82 Å². The van der Waals surface area contributed by atoms with Crippen LogP contribution in [-0.4, -0.2) is 43.9 Å². The third-order valence-corrected chi connectivity index (χ3v) is 9.43. The number of benzene rings is 3. The molecule has 2 aromatic heterocycles. The number of imidazole rings is 1. The normalized spacial score (nSPS) is 15.7. The maximum absolute atomic E-state index is 15.2. The molecular formula is C29H26ClFIN5O2S. The number of halogens is 3. The third kappa shape index (κ3) is 4.80. The van der Waals surface area contributed by atoms with Crippen molar-refractivity contribution in [3.63, 3.8) is 0 Å². The molecule has 11 heteroatoms. The number of nitrogens with one attached hydrogen (secondary N) is 1. The van der Waals surface area contributed by atoms with E-state index in [1.54, 1.807) is 46.8 Å². The van der Waals surface area contributed by atoms with E-state index in [0.717, 1.165) is 41.8 Å². The predicted octanol–water partition coefficient (Wildman–Crippen LogP) is 6.61. The van der Waals surface area contributed by atoms with Gasteiger partial charge in [0.2, 0.25) is 0 Å². The molecule has 0 aliphatic carbocycles. The number of fused-ring (bicyclic) bond motifs is 1. The number of rotatable bonds is 5. The Morgan fingerprint density at radius 2 is 1.82 bits per heavy atom. The molecule has 7 nitrogen and oxygen atoms in total. The smallest absolute Gasteiger partial charge is 0.332 e. The zero-order valence-electron chi connectivity index (χ0n) is 21.7. The van der Waals surface area contributed by atoms with Crippen LogP contribution in [0.4, 0.5) is 10.1 Å². The van der Waals surface area contributed by atoms with Crippen LogP contribution in [0.2, 0.25) is 5.02 Å². The van der Waals surface area contributed by atoms with Crippen LogP contribution in [0, 0.1) is 5.82 Å². The Bertz CT molecular complexity index is 1820. The molecule has 1 fully saturated rings. The summed E-state index contributed by atoms with van der Waals surface area (Å²) in [6, 6.07) is 14.2. The van der Waals surface area contributed by atoms with E-state index in [-0.39, 0.29) is 11.4 Å². The summed E-state index contributed by atoms with van der Waals surface area (Å²) in [5, 5.41) is 16.4. The molecule has 5 aromatic rings. The summed E-state index contributed by atoms with van der Waals surface area (Å²) in [6.07, 6.45) is 5.31. The number of aryl methyl sites for hydroxylation is 1. The Morgan fingerprint density at radius 3 is 2.50 bits per heavy atom. The molecule has 0 amide bonds. The Balaban J connectivity index is 1.49. The molecule has 3 aromatic carbocycles. The third-order valence-electron chi connectivity index (χ3n) is 7.39. The average Bonchev–Trinajstić information content (AvgIpc) is 3.51. The van der Waals surface area contributed by atoms with Gasteiger partial charge in [-0.15, -0.1) is 0 Å². The minimum atomic E-state index is -0.474. The van der Waals surface area contributed by atoms with Gasteiger partial charge in [0.05, 0.1) is 16.2 Å². The largest absolute Gasteiger partial charge is 0.507 e. The van der Waals surface area contributed by atoms with Gasteiger partial charge < -0.3 is 19.9 Å². The SMILES string of the molecule is C[C@@H]1CN(c2cc(-c3cc(F)cc(-c4ccc(-n5ccn(C)c5=O)c(Cl)c4)c3O)cc3c2ccn3SI)CCN1. The van der Waals surface area contributed by atoms with Gasteiger partial charge in [0.1, 0.15) is 11.6 Å². The minimum Gasteiger partial charge on any atom is -0.507 e. The summed E-state index contributed by atoms with van der Waals surface area (Å²) in [4.78, 5) is 14.8. The van der Waals surface area contributed by atoms with Gasteiger partial charge in [-0.3, -0.25) is 8.54 Å². The highest BCUT2D eigenvalue weighted by molar-refractivity contribution is 14.2. The molecule has 40 heavy (non-hydrogen) atoms. The van der Waals surface area contributed by atoms with Crippen molar-refractivity contribution in [3.05, 3.63) is 88.4 Å². The lowest BCUT2D eigenvalue weighted by Crippen LogP contribution is -2.49. The van der Waals surface area contributed by atoms with E-state index in [1.807, 2.05) is 18.3 Å². The van der Waals surface area contributed by atoms with Crippen LogP contribution in [0.5, 0.6) is 5.75 Å². The number of phenols is 1. The van der Waals surface area contributed by atoms with Gasteiger partial charge in [-0.05, 0) is 60.5 Å². The number of piperazine rings is 1. The topological polar surface area (TPSA) is 67.4 Å². The van der Waals surface area contributed by atoms with Gasteiger partial charge >= 0.3 is 5.69 Å². The Morgan fingerprint density at radius 1 is 1.05 bits per heavy atom. The van der Waals surface area contributed by atoms with Crippen LogP contribution in [0.15, 0.2) is 71.9 Å². The zero-order chi connectivity index (χ0) is 28.1. The van der Waals surface area contributed by atoms with Gasteiger partial charge in [-0.25, -0.2) is 9.18 Å². The summed E-state index contributed by atoms with van der Waals surface area (Å²) in [7, 11) is 3.22. The lowest BCUT2D eigenvalue weighted by molar-refractivity contribution is 0.477. The molecule has 1 aliphatic heterocycles. The average molecular weight is 690 g/mol. The number of phenolic OH excluding ortho intramolecular Hbond substituents is 1. The summed E-state index contributed by atoms with van der Waals surface area (Å²) in [6.45, 7) is 4.72. The number of nitrogens with zero attached hydrogens (tertiary/aromatic N) is 4. The maximum atomic E-state index is 15.2. The van der Waals surface area contributed by atoms with E-state index in [2.05, 4.69) is 48.4 Å². The summed E-state index contributed by atoms with van der Waals surface area (Å²) in [5.74, 6) is -0.514. The maximum Gasteiger partial charge on any atom is 0.332 e. The fourth-order valence-electron chi connectivity index (χ4n) is 5.38. The molecule has 0 spiro atoms. The second kappa shape index (κ2) is 10.8. The van der Waals surface area contributed by atoms with E-state index in [1.165, 1.54) is 21.3 Å². The zero-order valence-corrected chi connectivity index (χ0v) is 25.5. The van der Waals surface area contributed by atoms with E-state index in [9.17, 15) is 9.90 Å². The monoisotopic (exact) mass is 689 g/mol. The van der Waals surface area contributed by atoms with Crippen LogP contribution < -0.4 is 15.9 Å².